The zero-order valence-corrected chi connectivity index (χ0v) is 16.1. The Morgan fingerprint density at radius 1 is 1.13 bits per heavy atom. The van der Waals surface area contributed by atoms with E-state index in [1.165, 1.54) is 45.1 Å². The minimum Gasteiger partial charge on any atom is -0.345 e. The number of rotatable bonds is 4. The quantitative estimate of drug-likeness (QED) is 0.831. The molecule has 0 saturated carbocycles. The van der Waals surface area contributed by atoms with E-state index >= 15 is 0 Å². The Labute approximate surface area is 153 Å². The second-order valence-corrected chi connectivity index (χ2v) is 7.72. The highest BCUT2D eigenvalue weighted by molar-refractivity contribution is 5.85. The first-order chi connectivity index (χ1) is 10.1. The number of fused-ring (bicyclic) bond motifs is 2. The van der Waals surface area contributed by atoms with E-state index in [2.05, 4.69) is 17.3 Å². The molecule has 2 bridgehead atoms. The fourth-order valence-corrected chi connectivity index (χ4v) is 4.66. The van der Waals surface area contributed by atoms with Crippen LogP contribution in [-0.4, -0.2) is 61.5 Å². The lowest BCUT2D eigenvalue weighted by Crippen LogP contribution is -2.42. The summed E-state index contributed by atoms with van der Waals surface area (Å²) in [6.07, 6.45) is 8.39. The summed E-state index contributed by atoms with van der Waals surface area (Å²) in [5.74, 6) is 1.66. The number of nitrogens with zero attached hydrogens (tertiary/aromatic N) is 2. The second kappa shape index (κ2) is 9.45. The molecule has 0 aliphatic carbocycles. The first kappa shape index (κ1) is 21.0. The molecule has 3 unspecified atom stereocenters. The van der Waals surface area contributed by atoms with E-state index in [-0.39, 0.29) is 24.8 Å². The van der Waals surface area contributed by atoms with Gasteiger partial charge in [-0.05, 0) is 64.0 Å². The molecule has 0 radical (unpaired) electrons. The fourth-order valence-electron chi connectivity index (χ4n) is 4.66. The van der Waals surface area contributed by atoms with Crippen LogP contribution in [0, 0.1) is 11.8 Å². The van der Waals surface area contributed by atoms with Gasteiger partial charge in [0.1, 0.15) is 0 Å². The van der Waals surface area contributed by atoms with Gasteiger partial charge in [0, 0.05) is 38.6 Å². The summed E-state index contributed by atoms with van der Waals surface area (Å²) < 4.78 is 0. The molecule has 3 aliphatic heterocycles. The highest BCUT2D eigenvalue weighted by Gasteiger charge is 2.34. The Hall–Kier alpha value is -0.0300. The molecule has 6 heteroatoms. The van der Waals surface area contributed by atoms with E-state index in [1.54, 1.807) is 0 Å². The topological polar surface area (TPSA) is 35.6 Å². The minimum absolute atomic E-state index is 0. The van der Waals surface area contributed by atoms with Crippen molar-refractivity contribution in [1.29, 1.82) is 0 Å². The van der Waals surface area contributed by atoms with Crippen molar-refractivity contribution in [2.75, 3.05) is 33.7 Å². The Balaban J connectivity index is 0.00000132. The van der Waals surface area contributed by atoms with Crippen LogP contribution in [0.25, 0.3) is 0 Å². The minimum atomic E-state index is 0. The average Bonchev–Trinajstić information content (AvgIpc) is 2.78. The lowest BCUT2D eigenvalue weighted by atomic mass is 9.89. The Kier molecular flexibility index (Phi) is 8.64. The molecule has 3 fully saturated rings. The number of hydrogen-bond acceptors (Lipinski definition) is 3. The third-order valence-corrected chi connectivity index (χ3v) is 5.71. The van der Waals surface area contributed by atoms with Gasteiger partial charge in [-0.2, -0.15) is 0 Å². The Morgan fingerprint density at radius 2 is 1.78 bits per heavy atom. The van der Waals surface area contributed by atoms with Crippen LogP contribution in [0.3, 0.4) is 0 Å². The molecule has 3 aliphatic rings. The van der Waals surface area contributed by atoms with E-state index in [1.807, 2.05) is 11.9 Å². The molecule has 3 heterocycles. The second-order valence-electron chi connectivity index (χ2n) is 7.72. The molecule has 0 spiro atoms. The molecule has 3 rings (SSSR count). The standard InChI is InChI=1S/C17H31N3O.2ClH/c1-19-7-3-4-13(11-19)12-20(2)17(21)10-14-8-15-5-6-16(9-14)18-15;;/h13-16,18H,3-12H2,1-2H3;2*1H. The smallest absolute Gasteiger partial charge is 0.222 e. The van der Waals surface area contributed by atoms with Crippen LogP contribution in [0.2, 0.25) is 0 Å². The number of likely N-dealkylation sites (tertiary alicyclic amines) is 1. The first-order valence-corrected chi connectivity index (χ1v) is 8.78. The van der Waals surface area contributed by atoms with Crippen molar-refractivity contribution in [3.05, 3.63) is 0 Å². The Bertz CT molecular complexity index is 371. The van der Waals surface area contributed by atoms with Gasteiger partial charge < -0.3 is 15.1 Å². The summed E-state index contributed by atoms with van der Waals surface area (Å²) in [5.41, 5.74) is 0. The van der Waals surface area contributed by atoms with Gasteiger partial charge in [-0.3, -0.25) is 4.79 Å². The van der Waals surface area contributed by atoms with Crippen molar-refractivity contribution >= 4 is 30.7 Å². The van der Waals surface area contributed by atoms with E-state index in [4.69, 9.17) is 0 Å². The fraction of sp³-hybridized carbons (Fsp3) is 0.941. The van der Waals surface area contributed by atoms with Gasteiger partial charge >= 0.3 is 0 Å². The van der Waals surface area contributed by atoms with Crippen LogP contribution < -0.4 is 5.32 Å². The van der Waals surface area contributed by atoms with Crippen LogP contribution >= 0.6 is 24.8 Å². The van der Waals surface area contributed by atoms with Gasteiger partial charge in [-0.25, -0.2) is 0 Å². The number of carbonyl (C=O) groups is 1. The molecule has 1 N–H and O–H groups in total. The van der Waals surface area contributed by atoms with Gasteiger partial charge in [-0.1, -0.05) is 0 Å². The number of hydrogen-bond donors (Lipinski definition) is 1. The highest BCUT2D eigenvalue weighted by Crippen LogP contribution is 2.33. The predicted octanol–water partition coefficient (Wildman–Crippen LogP) is 2.55. The lowest BCUT2D eigenvalue weighted by molar-refractivity contribution is -0.132. The van der Waals surface area contributed by atoms with Crippen LogP contribution in [0.15, 0.2) is 0 Å². The summed E-state index contributed by atoms with van der Waals surface area (Å²) in [6.45, 7) is 3.31. The molecule has 4 nitrogen and oxygen atoms in total. The van der Waals surface area contributed by atoms with Crippen molar-refractivity contribution in [3.63, 3.8) is 0 Å². The van der Waals surface area contributed by atoms with Gasteiger partial charge in [0.05, 0.1) is 0 Å². The lowest BCUT2D eigenvalue weighted by Gasteiger charge is -2.33. The molecule has 23 heavy (non-hydrogen) atoms. The molecule has 3 saturated heterocycles. The number of carbonyl (C=O) groups excluding carboxylic acids is 1. The largest absolute Gasteiger partial charge is 0.345 e. The summed E-state index contributed by atoms with van der Waals surface area (Å²) >= 11 is 0. The van der Waals surface area contributed by atoms with Crippen LogP contribution in [0.5, 0.6) is 0 Å². The Morgan fingerprint density at radius 3 is 2.39 bits per heavy atom. The average molecular weight is 366 g/mol. The van der Waals surface area contributed by atoms with Gasteiger partial charge in [0.15, 0.2) is 0 Å². The van der Waals surface area contributed by atoms with Gasteiger partial charge in [0.25, 0.3) is 0 Å². The van der Waals surface area contributed by atoms with E-state index in [0.29, 0.717) is 29.8 Å². The number of piperidine rings is 2. The zero-order chi connectivity index (χ0) is 14.8. The zero-order valence-electron chi connectivity index (χ0n) is 14.5. The molecular weight excluding hydrogens is 333 g/mol. The van der Waals surface area contributed by atoms with Crippen LogP contribution in [0.1, 0.15) is 44.9 Å². The highest BCUT2D eigenvalue weighted by atomic mass is 35.5. The molecule has 0 aromatic rings. The van der Waals surface area contributed by atoms with Crippen molar-refractivity contribution in [2.45, 2.75) is 57.0 Å². The summed E-state index contributed by atoms with van der Waals surface area (Å²) in [4.78, 5) is 16.9. The number of halogens is 2. The third-order valence-electron chi connectivity index (χ3n) is 5.71. The van der Waals surface area contributed by atoms with Crippen molar-refractivity contribution < 1.29 is 4.79 Å². The van der Waals surface area contributed by atoms with Gasteiger partial charge in [-0.15, -0.1) is 24.8 Å². The maximum absolute atomic E-state index is 12.5. The van der Waals surface area contributed by atoms with E-state index < -0.39 is 0 Å². The first-order valence-electron chi connectivity index (χ1n) is 8.78. The number of amides is 1. The van der Waals surface area contributed by atoms with Crippen LogP contribution in [0.4, 0.5) is 0 Å². The van der Waals surface area contributed by atoms with Crippen molar-refractivity contribution in [3.8, 4) is 0 Å². The maximum atomic E-state index is 12.5. The predicted molar refractivity (Wildman–Crippen MR) is 99.6 cm³/mol. The summed E-state index contributed by atoms with van der Waals surface area (Å²) in [5, 5.41) is 3.66. The van der Waals surface area contributed by atoms with E-state index in [9.17, 15) is 4.79 Å². The molecule has 0 aromatic carbocycles. The third kappa shape index (κ3) is 5.77. The molecular formula is C17H33Cl2N3O. The number of nitrogens with one attached hydrogen (secondary N) is 1. The summed E-state index contributed by atoms with van der Waals surface area (Å²) in [6, 6.07) is 1.39. The van der Waals surface area contributed by atoms with Crippen LogP contribution in [-0.2, 0) is 4.79 Å². The van der Waals surface area contributed by atoms with Crippen molar-refractivity contribution in [2.24, 2.45) is 11.8 Å². The SMILES string of the molecule is CN1CCCC(CN(C)C(=O)CC2CC3CCC(C2)N3)C1.Cl.Cl. The summed E-state index contributed by atoms with van der Waals surface area (Å²) in [7, 11) is 4.20. The van der Waals surface area contributed by atoms with E-state index in [0.717, 1.165) is 19.5 Å². The molecule has 1 amide bonds. The molecule has 3 atom stereocenters. The normalized spacial score (nSPS) is 33.5. The maximum Gasteiger partial charge on any atom is 0.222 e. The molecule has 136 valence electrons. The van der Waals surface area contributed by atoms with Gasteiger partial charge in [0.2, 0.25) is 5.91 Å². The van der Waals surface area contributed by atoms with Crippen molar-refractivity contribution in [1.82, 2.24) is 15.1 Å². The monoisotopic (exact) mass is 365 g/mol. The molecule has 0 aromatic heterocycles.